The zero-order chi connectivity index (χ0) is 14.9. The SMILES string of the molecule is CCC1CCCCN1c1nc(C(C)(C)C)nc(Cl)c1C. The molecule has 1 saturated heterocycles. The van der Waals surface area contributed by atoms with Crippen molar-refractivity contribution in [3.05, 3.63) is 16.5 Å². The third-order valence-corrected chi connectivity index (χ3v) is 4.47. The smallest absolute Gasteiger partial charge is 0.137 e. The summed E-state index contributed by atoms with van der Waals surface area (Å²) >= 11 is 6.36. The standard InChI is InChI=1S/C16H26ClN3/c1-6-12-9-7-8-10-20(12)14-11(2)13(17)18-15(19-14)16(3,4)5/h12H,6-10H2,1-5H3. The minimum atomic E-state index is -0.0798. The van der Waals surface area contributed by atoms with Gasteiger partial charge in [-0.05, 0) is 32.6 Å². The number of nitrogens with zero attached hydrogens (tertiary/aromatic N) is 3. The number of halogens is 1. The second kappa shape index (κ2) is 5.88. The molecule has 0 radical (unpaired) electrons. The molecule has 1 aromatic rings. The number of hydrogen-bond acceptors (Lipinski definition) is 3. The van der Waals surface area contributed by atoms with Crippen LogP contribution in [0, 0.1) is 6.92 Å². The molecule has 0 bridgehead atoms. The molecule has 3 nitrogen and oxygen atoms in total. The highest BCUT2D eigenvalue weighted by Crippen LogP contribution is 2.32. The van der Waals surface area contributed by atoms with Gasteiger partial charge in [0.05, 0.1) is 0 Å². The molecule has 2 rings (SSSR count). The van der Waals surface area contributed by atoms with Gasteiger partial charge in [-0.3, -0.25) is 0 Å². The third kappa shape index (κ3) is 3.08. The molecule has 0 spiro atoms. The molecule has 0 aliphatic carbocycles. The number of rotatable bonds is 2. The second-order valence-electron chi connectivity index (χ2n) is 6.79. The van der Waals surface area contributed by atoms with E-state index in [1.165, 1.54) is 19.3 Å². The molecule has 0 saturated carbocycles. The van der Waals surface area contributed by atoms with Crippen LogP contribution in [0.4, 0.5) is 5.82 Å². The van der Waals surface area contributed by atoms with Gasteiger partial charge in [0.15, 0.2) is 0 Å². The average molecular weight is 296 g/mol. The van der Waals surface area contributed by atoms with E-state index in [-0.39, 0.29) is 5.41 Å². The minimum Gasteiger partial charge on any atom is -0.353 e. The lowest BCUT2D eigenvalue weighted by atomic mass is 9.95. The second-order valence-corrected chi connectivity index (χ2v) is 7.15. The first-order valence-corrected chi connectivity index (χ1v) is 8.03. The fraction of sp³-hybridized carbons (Fsp3) is 0.750. The first-order chi connectivity index (χ1) is 9.34. The van der Waals surface area contributed by atoms with E-state index in [0.29, 0.717) is 11.2 Å². The number of aromatic nitrogens is 2. The van der Waals surface area contributed by atoms with E-state index in [4.69, 9.17) is 16.6 Å². The van der Waals surface area contributed by atoms with Crippen LogP contribution >= 0.6 is 11.6 Å². The van der Waals surface area contributed by atoms with Crippen molar-refractivity contribution in [1.82, 2.24) is 9.97 Å². The Hall–Kier alpha value is -0.830. The maximum absolute atomic E-state index is 6.36. The first-order valence-electron chi connectivity index (χ1n) is 7.66. The van der Waals surface area contributed by atoms with Crippen LogP contribution in [0.5, 0.6) is 0 Å². The molecule has 0 N–H and O–H groups in total. The molecule has 0 amide bonds. The minimum absolute atomic E-state index is 0.0798. The van der Waals surface area contributed by atoms with E-state index in [9.17, 15) is 0 Å². The summed E-state index contributed by atoms with van der Waals surface area (Å²) in [6.07, 6.45) is 4.97. The quantitative estimate of drug-likeness (QED) is 0.752. The van der Waals surface area contributed by atoms with Gasteiger partial charge in [0.25, 0.3) is 0 Å². The zero-order valence-corrected chi connectivity index (χ0v) is 14.1. The molecule has 1 aliphatic heterocycles. The van der Waals surface area contributed by atoms with Gasteiger partial charge in [0.2, 0.25) is 0 Å². The van der Waals surface area contributed by atoms with Crippen molar-refractivity contribution in [2.45, 2.75) is 71.8 Å². The van der Waals surface area contributed by atoms with E-state index >= 15 is 0 Å². The largest absolute Gasteiger partial charge is 0.353 e. The Morgan fingerprint density at radius 3 is 2.55 bits per heavy atom. The molecule has 2 heterocycles. The van der Waals surface area contributed by atoms with Crippen molar-refractivity contribution in [1.29, 1.82) is 0 Å². The van der Waals surface area contributed by atoms with Gasteiger partial charge in [-0.25, -0.2) is 9.97 Å². The summed E-state index contributed by atoms with van der Waals surface area (Å²) in [5.74, 6) is 1.88. The van der Waals surface area contributed by atoms with E-state index in [0.717, 1.165) is 30.2 Å². The van der Waals surface area contributed by atoms with E-state index in [2.05, 4.69) is 37.6 Å². The summed E-state index contributed by atoms with van der Waals surface area (Å²) in [5.41, 5.74) is 0.934. The van der Waals surface area contributed by atoms with E-state index in [1.54, 1.807) is 0 Å². The summed E-state index contributed by atoms with van der Waals surface area (Å²) in [6, 6.07) is 0.584. The van der Waals surface area contributed by atoms with Crippen molar-refractivity contribution < 1.29 is 0 Å². The molecule has 20 heavy (non-hydrogen) atoms. The summed E-state index contributed by atoms with van der Waals surface area (Å²) in [4.78, 5) is 11.8. The number of anilines is 1. The maximum atomic E-state index is 6.36. The molecule has 0 aromatic carbocycles. The zero-order valence-electron chi connectivity index (χ0n) is 13.3. The Balaban J connectivity index is 2.46. The van der Waals surface area contributed by atoms with Crippen LogP contribution in [0.2, 0.25) is 5.15 Å². The lowest BCUT2D eigenvalue weighted by Gasteiger charge is -2.37. The molecule has 112 valence electrons. The van der Waals surface area contributed by atoms with Crippen LogP contribution in [-0.2, 0) is 5.41 Å². The molecular formula is C16H26ClN3. The molecule has 1 aliphatic rings. The number of piperidine rings is 1. The van der Waals surface area contributed by atoms with Crippen molar-refractivity contribution in [3.8, 4) is 0 Å². The lowest BCUT2D eigenvalue weighted by Crippen LogP contribution is -2.40. The van der Waals surface area contributed by atoms with Gasteiger partial charge in [-0.15, -0.1) is 0 Å². The van der Waals surface area contributed by atoms with Crippen molar-refractivity contribution in [2.24, 2.45) is 0 Å². The maximum Gasteiger partial charge on any atom is 0.137 e. The summed E-state index contributed by atoms with van der Waals surface area (Å²) in [7, 11) is 0. The molecule has 1 unspecified atom stereocenters. The normalized spacial score (nSPS) is 20.3. The van der Waals surface area contributed by atoms with Gasteiger partial charge < -0.3 is 4.90 Å². The van der Waals surface area contributed by atoms with Crippen LogP contribution in [0.1, 0.15) is 64.8 Å². The van der Waals surface area contributed by atoms with Crippen LogP contribution in [0.25, 0.3) is 0 Å². The van der Waals surface area contributed by atoms with Crippen LogP contribution in [0.15, 0.2) is 0 Å². The average Bonchev–Trinajstić information content (AvgIpc) is 2.40. The molecule has 1 atom stereocenters. The summed E-state index contributed by atoms with van der Waals surface area (Å²) in [6.45, 7) is 11.8. The molecule has 1 aromatic heterocycles. The Kier molecular flexibility index (Phi) is 4.58. The topological polar surface area (TPSA) is 29.0 Å². The van der Waals surface area contributed by atoms with E-state index < -0.39 is 0 Å². The molecule has 4 heteroatoms. The predicted molar refractivity (Wildman–Crippen MR) is 85.8 cm³/mol. The first kappa shape index (κ1) is 15.6. The fourth-order valence-corrected chi connectivity index (χ4v) is 2.96. The van der Waals surface area contributed by atoms with Gasteiger partial charge >= 0.3 is 0 Å². The van der Waals surface area contributed by atoms with Crippen LogP contribution in [0.3, 0.4) is 0 Å². The third-order valence-electron chi connectivity index (χ3n) is 4.10. The Bertz CT molecular complexity index is 479. The Labute approximate surface area is 127 Å². The van der Waals surface area contributed by atoms with E-state index in [1.807, 2.05) is 6.92 Å². The summed E-state index contributed by atoms with van der Waals surface area (Å²) in [5, 5.41) is 0.598. The van der Waals surface area contributed by atoms with Crippen LogP contribution in [-0.4, -0.2) is 22.6 Å². The highest BCUT2D eigenvalue weighted by atomic mass is 35.5. The molecular weight excluding hydrogens is 270 g/mol. The summed E-state index contributed by atoms with van der Waals surface area (Å²) < 4.78 is 0. The van der Waals surface area contributed by atoms with Gasteiger partial charge in [-0.1, -0.05) is 39.3 Å². The fourth-order valence-electron chi connectivity index (χ4n) is 2.80. The van der Waals surface area contributed by atoms with Gasteiger partial charge in [-0.2, -0.15) is 0 Å². The van der Waals surface area contributed by atoms with Crippen molar-refractivity contribution >= 4 is 17.4 Å². The predicted octanol–water partition coefficient (Wildman–Crippen LogP) is 4.50. The van der Waals surface area contributed by atoms with Crippen LogP contribution < -0.4 is 4.90 Å². The molecule has 1 fully saturated rings. The highest BCUT2D eigenvalue weighted by molar-refractivity contribution is 6.30. The number of hydrogen-bond donors (Lipinski definition) is 0. The van der Waals surface area contributed by atoms with Gasteiger partial charge in [0.1, 0.15) is 16.8 Å². The Morgan fingerprint density at radius 1 is 1.25 bits per heavy atom. The Morgan fingerprint density at radius 2 is 1.95 bits per heavy atom. The lowest BCUT2D eigenvalue weighted by molar-refractivity contribution is 0.443. The monoisotopic (exact) mass is 295 g/mol. The van der Waals surface area contributed by atoms with Crippen molar-refractivity contribution in [3.63, 3.8) is 0 Å². The van der Waals surface area contributed by atoms with Crippen molar-refractivity contribution in [2.75, 3.05) is 11.4 Å². The van der Waals surface area contributed by atoms with Gasteiger partial charge in [0, 0.05) is 23.6 Å². The highest BCUT2D eigenvalue weighted by Gasteiger charge is 2.27.